The van der Waals surface area contributed by atoms with Crippen molar-refractivity contribution in [1.82, 2.24) is 0 Å². The molecular weight excluding hydrogens is 179 g/mol. The number of rotatable bonds is 2. The highest BCUT2D eigenvalue weighted by Gasteiger charge is 2.13. The van der Waals surface area contributed by atoms with Gasteiger partial charge in [-0.3, -0.25) is 0 Å². The Morgan fingerprint density at radius 3 is 2.50 bits per heavy atom. The fraction of sp³-hybridized carbons (Fsp3) is 0.455. The highest BCUT2D eigenvalue weighted by molar-refractivity contribution is 5.69. The van der Waals surface area contributed by atoms with Crippen LogP contribution in [0.25, 0.3) is 0 Å². The van der Waals surface area contributed by atoms with Crippen LogP contribution in [0, 0.1) is 0 Å². The lowest BCUT2D eigenvalue weighted by atomic mass is 10.1. The Hall–Kier alpha value is -1.25. The first-order valence-electron chi connectivity index (χ1n) is 5.12. The third-order valence-electron chi connectivity index (χ3n) is 2.70. The van der Waals surface area contributed by atoms with Crippen LogP contribution in [0.2, 0.25) is 0 Å². The Balaban J connectivity index is 2.20. The Bertz CT molecular complexity index is 295. The predicted molar refractivity (Wildman–Crippen MR) is 57.2 cm³/mol. The lowest BCUT2D eigenvalue weighted by Crippen LogP contribution is -2.29. The summed E-state index contributed by atoms with van der Waals surface area (Å²) in [6.07, 6.45) is 3.71. The molecule has 0 saturated carbocycles. The SMILES string of the molecule is FNc1ccccc1N1CCCCC1. The van der Waals surface area contributed by atoms with Gasteiger partial charge >= 0.3 is 0 Å². The van der Waals surface area contributed by atoms with Gasteiger partial charge in [0.05, 0.1) is 11.4 Å². The Kier molecular flexibility index (Phi) is 2.87. The van der Waals surface area contributed by atoms with E-state index in [2.05, 4.69) is 4.90 Å². The van der Waals surface area contributed by atoms with Crippen LogP contribution < -0.4 is 10.4 Å². The molecular formula is C11H15FN2. The van der Waals surface area contributed by atoms with Gasteiger partial charge in [0.25, 0.3) is 0 Å². The van der Waals surface area contributed by atoms with Crippen LogP contribution in [-0.2, 0) is 0 Å². The zero-order chi connectivity index (χ0) is 9.80. The van der Waals surface area contributed by atoms with Gasteiger partial charge in [0.2, 0.25) is 0 Å². The standard InChI is InChI=1S/C11H15FN2/c12-13-10-6-2-3-7-11(10)14-8-4-1-5-9-14/h2-3,6-7,13H,1,4-5,8-9H2. The summed E-state index contributed by atoms with van der Waals surface area (Å²) < 4.78 is 12.5. The van der Waals surface area contributed by atoms with Crippen LogP contribution in [0.4, 0.5) is 15.9 Å². The number of anilines is 2. The normalized spacial score (nSPS) is 16.8. The van der Waals surface area contributed by atoms with Gasteiger partial charge < -0.3 is 4.90 Å². The monoisotopic (exact) mass is 194 g/mol. The van der Waals surface area contributed by atoms with E-state index in [4.69, 9.17) is 0 Å². The molecule has 0 aromatic heterocycles. The van der Waals surface area contributed by atoms with Gasteiger partial charge in [-0.05, 0) is 31.4 Å². The van der Waals surface area contributed by atoms with Crippen LogP contribution in [0.3, 0.4) is 0 Å². The fourth-order valence-corrected chi connectivity index (χ4v) is 1.96. The first-order chi connectivity index (χ1) is 6.92. The second-order valence-corrected chi connectivity index (χ2v) is 3.66. The molecule has 1 heterocycles. The van der Waals surface area contributed by atoms with Gasteiger partial charge in [-0.1, -0.05) is 12.1 Å². The summed E-state index contributed by atoms with van der Waals surface area (Å²) in [6, 6.07) is 7.53. The summed E-state index contributed by atoms with van der Waals surface area (Å²) in [5, 5.41) is 0. The molecule has 3 heteroatoms. The van der Waals surface area contributed by atoms with Crippen molar-refractivity contribution < 1.29 is 4.48 Å². The third kappa shape index (κ3) is 1.81. The quantitative estimate of drug-likeness (QED) is 0.728. The van der Waals surface area contributed by atoms with Crippen molar-refractivity contribution in [2.75, 3.05) is 23.5 Å². The van der Waals surface area contributed by atoms with Gasteiger partial charge in [0, 0.05) is 13.1 Å². The lowest BCUT2D eigenvalue weighted by Gasteiger charge is -2.29. The largest absolute Gasteiger partial charge is 0.370 e. The van der Waals surface area contributed by atoms with Crippen LogP contribution in [0.5, 0.6) is 0 Å². The molecule has 1 aliphatic rings. The number of nitrogens with zero attached hydrogens (tertiary/aromatic N) is 1. The van der Waals surface area contributed by atoms with E-state index in [0.717, 1.165) is 18.8 Å². The first-order valence-corrected chi connectivity index (χ1v) is 5.12. The van der Waals surface area contributed by atoms with Gasteiger partial charge in [-0.25, -0.2) is 5.54 Å². The molecule has 0 amide bonds. The van der Waals surface area contributed by atoms with E-state index in [-0.39, 0.29) is 0 Å². The number of hydrogen-bond acceptors (Lipinski definition) is 2. The van der Waals surface area contributed by atoms with Crippen LogP contribution in [0.15, 0.2) is 24.3 Å². The minimum atomic E-state index is 0.578. The molecule has 1 fully saturated rings. The second kappa shape index (κ2) is 4.31. The average Bonchev–Trinajstić information content (AvgIpc) is 2.30. The minimum absolute atomic E-state index is 0.578. The van der Waals surface area contributed by atoms with Crippen molar-refractivity contribution in [3.05, 3.63) is 24.3 Å². The molecule has 0 unspecified atom stereocenters. The van der Waals surface area contributed by atoms with E-state index < -0.39 is 0 Å². The van der Waals surface area contributed by atoms with E-state index in [1.165, 1.54) is 19.3 Å². The number of nitrogens with one attached hydrogen (secondary N) is 1. The summed E-state index contributed by atoms with van der Waals surface area (Å²) >= 11 is 0. The van der Waals surface area contributed by atoms with Gasteiger partial charge in [-0.2, -0.15) is 0 Å². The molecule has 0 atom stereocenters. The summed E-state index contributed by atoms with van der Waals surface area (Å²) in [5.74, 6) is 0. The molecule has 1 aliphatic heterocycles. The lowest BCUT2D eigenvalue weighted by molar-refractivity contribution is 0.574. The summed E-state index contributed by atoms with van der Waals surface area (Å²) in [4.78, 5) is 2.24. The topological polar surface area (TPSA) is 15.3 Å². The van der Waals surface area contributed by atoms with Crippen LogP contribution in [-0.4, -0.2) is 13.1 Å². The van der Waals surface area contributed by atoms with Gasteiger partial charge in [0.15, 0.2) is 0 Å². The van der Waals surface area contributed by atoms with E-state index in [9.17, 15) is 4.48 Å². The molecule has 1 saturated heterocycles. The molecule has 0 aliphatic carbocycles. The van der Waals surface area contributed by atoms with E-state index in [0.29, 0.717) is 5.69 Å². The molecule has 1 N–H and O–H groups in total. The molecule has 2 nitrogen and oxygen atoms in total. The summed E-state index contributed by atoms with van der Waals surface area (Å²) in [5.41, 5.74) is 3.31. The molecule has 0 spiro atoms. The highest BCUT2D eigenvalue weighted by atomic mass is 19.2. The zero-order valence-electron chi connectivity index (χ0n) is 8.17. The molecule has 2 rings (SSSR count). The molecule has 1 aromatic rings. The number of para-hydroxylation sites is 2. The Morgan fingerprint density at radius 2 is 1.79 bits per heavy atom. The molecule has 0 bridgehead atoms. The van der Waals surface area contributed by atoms with Gasteiger partial charge in [-0.15, -0.1) is 4.48 Å². The number of piperidine rings is 1. The minimum Gasteiger partial charge on any atom is -0.370 e. The van der Waals surface area contributed by atoms with Crippen molar-refractivity contribution in [3.8, 4) is 0 Å². The number of halogens is 1. The maximum Gasteiger partial charge on any atom is 0.0889 e. The van der Waals surface area contributed by atoms with Crippen LogP contribution in [0.1, 0.15) is 19.3 Å². The van der Waals surface area contributed by atoms with Crippen LogP contribution >= 0.6 is 0 Å². The first kappa shape index (κ1) is 9.31. The van der Waals surface area contributed by atoms with E-state index in [1.807, 2.05) is 18.2 Å². The average molecular weight is 194 g/mol. The maximum atomic E-state index is 12.5. The van der Waals surface area contributed by atoms with Crippen molar-refractivity contribution in [2.45, 2.75) is 19.3 Å². The highest BCUT2D eigenvalue weighted by Crippen LogP contribution is 2.27. The van der Waals surface area contributed by atoms with Crippen molar-refractivity contribution in [3.63, 3.8) is 0 Å². The van der Waals surface area contributed by atoms with E-state index in [1.54, 1.807) is 11.6 Å². The smallest absolute Gasteiger partial charge is 0.0889 e. The second-order valence-electron chi connectivity index (χ2n) is 3.66. The fourth-order valence-electron chi connectivity index (χ4n) is 1.96. The third-order valence-corrected chi connectivity index (χ3v) is 2.70. The van der Waals surface area contributed by atoms with E-state index >= 15 is 0 Å². The maximum absolute atomic E-state index is 12.5. The summed E-state index contributed by atoms with van der Waals surface area (Å²) in [6.45, 7) is 2.08. The zero-order valence-corrected chi connectivity index (χ0v) is 8.17. The number of benzene rings is 1. The Labute approximate surface area is 83.7 Å². The van der Waals surface area contributed by atoms with Crippen molar-refractivity contribution in [2.24, 2.45) is 0 Å². The molecule has 0 radical (unpaired) electrons. The summed E-state index contributed by atoms with van der Waals surface area (Å²) in [7, 11) is 0. The predicted octanol–water partition coefficient (Wildman–Crippen LogP) is 2.97. The van der Waals surface area contributed by atoms with Gasteiger partial charge in [0.1, 0.15) is 0 Å². The Morgan fingerprint density at radius 1 is 1.07 bits per heavy atom. The van der Waals surface area contributed by atoms with Crippen molar-refractivity contribution in [1.29, 1.82) is 0 Å². The molecule has 76 valence electrons. The molecule has 1 aromatic carbocycles. The number of hydrogen-bond donors (Lipinski definition) is 1. The molecule has 14 heavy (non-hydrogen) atoms. The van der Waals surface area contributed by atoms with Crippen molar-refractivity contribution >= 4 is 11.4 Å².